The maximum Gasteiger partial charge on any atom is 0.128 e. The smallest absolute Gasteiger partial charge is 0.128 e. The summed E-state index contributed by atoms with van der Waals surface area (Å²) in [5.74, 6) is 0.686. The van der Waals surface area contributed by atoms with Gasteiger partial charge in [-0.2, -0.15) is 0 Å². The first-order chi connectivity index (χ1) is 9.01. The second-order valence-corrected chi connectivity index (χ2v) is 7.01. The quantitative estimate of drug-likeness (QED) is 0.908. The molecule has 1 unspecified atom stereocenters. The van der Waals surface area contributed by atoms with Gasteiger partial charge in [0.05, 0.1) is 12.3 Å². The van der Waals surface area contributed by atoms with Gasteiger partial charge in [-0.15, -0.1) is 0 Å². The molecule has 1 saturated heterocycles. The fraction of sp³-hybridized carbons (Fsp3) is 0.800. The van der Waals surface area contributed by atoms with Gasteiger partial charge in [-0.3, -0.25) is 0 Å². The van der Waals surface area contributed by atoms with Gasteiger partial charge in [-0.1, -0.05) is 25.9 Å². The van der Waals surface area contributed by atoms with Crippen LogP contribution in [0.4, 0.5) is 0 Å². The highest BCUT2D eigenvalue weighted by molar-refractivity contribution is 5.23. The molecule has 0 amide bonds. The van der Waals surface area contributed by atoms with Crippen molar-refractivity contribution in [3.63, 3.8) is 0 Å². The highest BCUT2D eigenvalue weighted by Gasteiger charge is 2.50. The van der Waals surface area contributed by atoms with Gasteiger partial charge < -0.3 is 14.6 Å². The first-order valence-corrected chi connectivity index (χ1v) is 7.28. The molecule has 1 saturated carbocycles. The summed E-state index contributed by atoms with van der Waals surface area (Å²) >= 11 is 0. The minimum absolute atomic E-state index is 0.0389. The van der Waals surface area contributed by atoms with Crippen LogP contribution in [0, 0.1) is 5.92 Å². The molecule has 0 radical (unpaired) electrons. The molecule has 3 rings (SSSR count). The fourth-order valence-corrected chi connectivity index (χ4v) is 3.11. The average Bonchev–Trinajstić information content (AvgIpc) is 2.85. The number of nitrogens with one attached hydrogen (secondary N) is 1. The summed E-state index contributed by atoms with van der Waals surface area (Å²) < 4.78 is 10.7. The SMILES string of the molecule is CC(C)(C)c1nocc1CNC1(C2CCOC2)CC1. The predicted octanol–water partition coefficient (Wildman–Crippen LogP) is 2.63. The van der Waals surface area contributed by atoms with Crippen molar-refractivity contribution in [3.05, 3.63) is 17.5 Å². The first-order valence-electron chi connectivity index (χ1n) is 7.28. The lowest BCUT2D eigenvalue weighted by Crippen LogP contribution is -2.39. The van der Waals surface area contributed by atoms with Crippen molar-refractivity contribution in [2.75, 3.05) is 13.2 Å². The average molecular weight is 264 g/mol. The molecular weight excluding hydrogens is 240 g/mol. The van der Waals surface area contributed by atoms with E-state index in [0.717, 1.165) is 25.5 Å². The number of nitrogens with zero attached hydrogens (tertiary/aromatic N) is 1. The van der Waals surface area contributed by atoms with Gasteiger partial charge in [0.2, 0.25) is 0 Å². The monoisotopic (exact) mass is 264 g/mol. The fourth-order valence-electron chi connectivity index (χ4n) is 3.11. The van der Waals surface area contributed by atoms with Crippen LogP contribution in [0.5, 0.6) is 0 Å². The van der Waals surface area contributed by atoms with Gasteiger partial charge >= 0.3 is 0 Å². The van der Waals surface area contributed by atoms with E-state index in [4.69, 9.17) is 9.26 Å². The number of ether oxygens (including phenoxy) is 1. The number of rotatable bonds is 4. The van der Waals surface area contributed by atoms with Crippen LogP contribution in [0.2, 0.25) is 0 Å². The minimum atomic E-state index is 0.0389. The van der Waals surface area contributed by atoms with Crippen molar-refractivity contribution in [2.45, 2.75) is 57.5 Å². The Balaban J connectivity index is 1.65. The largest absolute Gasteiger partial charge is 0.381 e. The Bertz CT molecular complexity index is 437. The van der Waals surface area contributed by atoms with Crippen molar-refractivity contribution < 1.29 is 9.26 Å². The molecule has 2 aliphatic rings. The van der Waals surface area contributed by atoms with E-state index in [1.54, 1.807) is 6.26 Å². The normalized spacial score (nSPS) is 25.7. The van der Waals surface area contributed by atoms with Crippen LogP contribution in [0.25, 0.3) is 0 Å². The van der Waals surface area contributed by atoms with E-state index >= 15 is 0 Å². The highest BCUT2D eigenvalue weighted by atomic mass is 16.5. The molecule has 1 aliphatic carbocycles. The summed E-state index contributed by atoms with van der Waals surface area (Å²) in [6.07, 6.45) is 5.53. The van der Waals surface area contributed by atoms with Gasteiger partial charge in [0.15, 0.2) is 0 Å². The van der Waals surface area contributed by atoms with Crippen molar-refractivity contribution >= 4 is 0 Å². The molecular formula is C15H24N2O2. The van der Waals surface area contributed by atoms with E-state index < -0.39 is 0 Å². The Kier molecular flexibility index (Phi) is 3.18. The summed E-state index contributed by atoms with van der Waals surface area (Å²) in [5, 5.41) is 7.91. The molecule has 2 fully saturated rings. The van der Waals surface area contributed by atoms with Gasteiger partial charge in [0.1, 0.15) is 6.26 Å². The zero-order chi connectivity index (χ0) is 13.5. The van der Waals surface area contributed by atoms with Gasteiger partial charge in [0, 0.05) is 35.6 Å². The Morgan fingerprint density at radius 3 is 2.79 bits per heavy atom. The lowest BCUT2D eigenvalue weighted by Gasteiger charge is -2.24. The maximum absolute atomic E-state index is 5.53. The Morgan fingerprint density at radius 2 is 2.21 bits per heavy atom. The number of aromatic nitrogens is 1. The summed E-state index contributed by atoms with van der Waals surface area (Å²) in [4.78, 5) is 0. The van der Waals surface area contributed by atoms with Gasteiger partial charge in [0.25, 0.3) is 0 Å². The number of hydrogen-bond acceptors (Lipinski definition) is 4. The van der Waals surface area contributed by atoms with Crippen molar-refractivity contribution in [3.8, 4) is 0 Å². The molecule has 4 heteroatoms. The van der Waals surface area contributed by atoms with Crippen LogP contribution in [0.15, 0.2) is 10.8 Å². The van der Waals surface area contributed by atoms with Crippen LogP contribution in [0.3, 0.4) is 0 Å². The van der Waals surface area contributed by atoms with Crippen molar-refractivity contribution in [1.82, 2.24) is 10.5 Å². The Morgan fingerprint density at radius 1 is 1.42 bits per heavy atom. The zero-order valence-electron chi connectivity index (χ0n) is 12.2. The van der Waals surface area contributed by atoms with Crippen LogP contribution in [-0.4, -0.2) is 23.9 Å². The molecule has 2 heterocycles. The van der Waals surface area contributed by atoms with Crippen LogP contribution < -0.4 is 5.32 Å². The first kappa shape index (κ1) is 13.1. The molecule has 0 aromatic carbocycles. The molecule has 1 aromatic rings. The second-order valence-electron chi connectivity index (χ2n) is 7.01. The third-order valence-electron chi connectivity index (χ3n) is 4.48. The summed E-state index contributed by atoms with van der Waals surface area (Å²) in [6, 6.07) is 0. The third kappa shape index (κ3) is 2.56. The summed E-state index contributed by atoms with van der Waals surface area (Å²) in [6.45, 7) is 9.22. The van der Waals surface area contributed by atoms with E-state index in [2.05, 4.69) is 31.2 Å². The van der Waals surface area contributed by atoms with Gasteiger partial charge in [-0.25, -0.2) is 0 Å². The third-order valence-corrected chi connectivity index (χ3v) is 4.48. The Labute approximate surface area is 114 Å². The van der Waals surface area contributed by atoms with Crippen LogP contribution in [0.1, 0.15) is 51.3 Å². The maximum atomic E-state index is 5.53. The molecule has 0 bridgehead atoms. The van der Waals surface area contributed by atoms with Crippen molar-refractivity contribution in [1.29, 1.82) is 0 Å². The second kappa shape index (κ2) is 4.60. The van der Waals surface area contributed by atoms with Crippen molar-refractivity contribution in [2.24, 2.45) is 5.92 Å². The summed E-state index contributed by atoms with van der Waals surface area (Å²) in [5.41, 5.74) is 2.62. The predicted molar refractivity (Wildman–Crippen MR) is 72.9 cm³/mol. The van der Waals surface area contributed by atoms with E-state index in [1.807, 2.05) is 0 Å². The highest BCUT2D eigenvalue weighted by Crippen LogP contribution is 2.46. The zero-order valence-corrected chi connectivity index (χ0v) is 12.2. The molecule has 19 heavy (non-hydrogen) atoms. The molecule has 1 aliphatic heterocycles. The molecule has 106 valence electrons. The van der Waals surface area contributed by atoms with E-state index in [0.29, 0.717) is 11.5 Å². The lowest BCUT2D eigenvalue weighted by atomic mass is 9.89. The topological polar surface area (TPSA) is 47.3 Å². The van der Waals surface area contributed by atoms with E-state index in [-0.39, 0.29) is 5.41 Å². The standard InChI is InChI=1S/C15H24N2O2/c1-14(2,3)13-11(9-19-17-13)8-16-15(5-6-15)12-4-7-18-10-12/h9,12,16H,4-8,10H2,1-3H3. The van der Waals surface area contributed by atoms with E-state index in [1.165, 1.54) is 24.8 Å². The van der Waals surface area contributed by atoms with Gasteiger partial charge in [-0.05, 0) is 19.3 Å². The molecule has 1 aromatic heterocycles. The van der Waals surface area contributed by atoms with E-state index in [9.17, 15) is 0 Å². The van der Waals surface area contributed by atoms with Crippen LogP contribution in [-0.2, 0) is 16.7 Å². The minimum Gasteiger partial charge on any atom is -0.381 e. The number of hydrogen-bond donors (Lipinski definition) is 1. The molecule has 1 atom stereocenters. The molecule has 4 nitrogen and oxygen atoms in total. The van der Waals surface area contributed by atoms with Crippen LogP contribution >= 0.6 is 0 Å². The lowest BCUT2D eigenvalue weighted by molar-refractivity contribution is 0.173. The molecule has 1 N–H and O–H groups in total. The summed E-state index contributed by atoms with van der Waals surface area (Å²) in [7, 11) is 0. The molecule has 0 spiro atoms. The Hall–Kier alpha value is -0.870.